The molecular weight excluding hydrogens is 322 g/mol. The molecule has 0 saturated heterocycles. The standard InChI is InChI=1S/C22H23N3O/c1-22(2,3)17-11-9-16(10-12-17)21(26)25-19-13-14-20(23-15-19)24-18-7-5-4-6-8-18/h4-15H,1-3H3,(H,23,24)(H,25,26). The van der Waals surface area contributed by atoms with Crippen LogP contribution in [0.15, 0.2) is 72.9 Å². The van der Waals surface area contributed by atoms with Crippen LogP contribution in [-0.2, 0) is 5.41 Å². The van der Waals surface area contributed by atoms with Crippen LogP contribution in [0.4, 0.5) is 17.2 Å². The maximum Gasteiger partial charge on any atom is 0.255 e. The normalized spacial score (nSPS) is 11.0. The summed E-state index contributed by atoms with van der Waals surface area (Å²) in [5.74, 6) is 0.583. The first-order valence-corrected chi connectivity index (χ1v) is 8.62. The second-order valence-electron chi connectivity index (χ2n) is 7.20. The highest BCUT2D eigenvalue weighted by molar-refractivity contribution is 6.04. The topological polar surface area (TPSA) is 54.0 Å². The summed E-state index contributed by atoms with van der Waals surface area (Å²) in [6.45, 7) is 6.45. The third-order valence-electron chi connectivity index (χ3n) is 4.08. The van der Waals surface area contributed by atoms with E-state index in [9.17, 15) is 4.79 Å². The minimum atomic E-state index is -0.143. The highest BCUT2D eigenvalue weighted by Crippen LogP contribution is 2.22. The van der Waals surface area contributed by atoms with E-state index in [-0.39, 0.29) is 11.3 Å². The van der Waals surface area contributed by atoms with Gasteiger partial charge in [-0.15, -0.1) is 0 Å². The number of pyridine rings is 1. The molecule has 0 bridgehead atoms. The zero-order valence-electron chi connectivity index (χ0n) is 15.3. The Balaban J connectivity index is 1.64. The average Bonchev–Trinajstić information content (AvgIpc) is 2.63. The minimum absolute atomic E-state index is 0.0700. The molecule has 4 heteroatoms. The largest absolute Gasteiger partial charge is 0.340 e. The molecule has 26 heavy (non-hydrogen) atoms. The SMILES string of the molecule is CC(C)(C)c1ccc(C(=O)Nc2ccc(Nc3ccccc3)nc2)cc1. The van der Waals surface area contributed by atoms with Gasteiger partial charge >= 0.3 is 0 Å². The molecule has 3 rings (SSSR count). The molecule has 2 N–H and O–H groups in total. The van der Waals surface area contributed by atoms with Crippen molar-refractivity contribution in [3.8, 4) is 0 Å². The zero-order chi connectivity index (χ0) is 18.6. The molecule has 0 fully saturated rings. The molecule has 1 heterocycles. The molecule has 0 spiro atoms. The Morgan fingerprint density at radius 1 is 0.846 bits per heavy atom. The van der Waals surface area contributed by atoms with Gasteiger partial charge in [0.15, 0.2) is 0 Å². The predicted octanol–water partition coefficient (Wildman–Crippen LogP) is 5.38. The van der Waals surface area contributed by atoms with Gasteiger partial charge in [0.2, 0.25) is 0 Å². The van der Waals surface area contributed by atoms with Crippen molar-refractivity contribution in [2.24, 2.45) is 0 Å². The van der Waals surface area contributed by atoms with Gasteiger partial charge in [-0.25, -0.2) is 4.98 Å². The lowest BCUT2D eigenvalue weighted by atomic mass is 9.87. The number of benzene rings is 2. The van der Waals surface area contributed by atoms with Crippen LogP contribution >= 0.6 is 0 Å². The first-order valence-electron chi connectivity index (χ1n) is 8.62. The van der Waals surface area contributed by atoms with Gasteiger partial charge in [-0.3, -0.25) is 4.79 Å². The van der Waals surface area contributed by atoms with Gasteiger partial charge in [0.25, 0.3) is 5.91 Å². The molecule has 0 saturated carbocycles. The van der Waals surface area contributed by atoms with Crippen LogP contribution < -0.4 is 10.6 Å². The summed E-state index contributed by atoms with van der Waals surface area (Å²) in [5, 5.41) is 6.09. The lowest BCUT2D eigenvalue weighted by Gasteiger charge is -2.19. The van der Waals surface area contributed by atoms with Gasteiger partial charge in [-0.05, 0) is 47.4 Å². The van der Waals surface area contributed by atoms with E-state index in [0.717, 1.165) is 11.5 Å². The van der Waals surface area contributed by atoms with E-state index >= 15 is 0 Å². The maximum absolute atomic E-state index is 12.4. The third kappa shape index (κ3) is 4.48. The van der Waals surface area contributed by atoms with Crippen LogP contribution in [0.3, 0.4) is 0 Å². The average molecular weight is 345 g/mol. The molecule has 1 amide bonds. The lowest BCUT2D eigenvalue weighted by Crippen LogP contribution is -2.14. The van der Waals surface area contributed by atoms with E-state index in [4.69, 9.17) is 0 Å². The molecule has 4 nitrogen and oxygen atoms in total. The second kappa shape index (κ2) is 7.40. The Bertz CT molecular complexity index is 864. The van der Waals surface area contributed by atoms with E-state index in [2.05, 4.69) is 36.4 Å². The molecule has 132 valence electrons. The fourth-order valence-corrected chi connectivity index (χ4v) is 2.54. The smallest absolute Gasteiger partial charge is 0.255 e. The van der Waals surface area contributed by atoms with E-state index in [0.29, 0.717) is 11.3 Å². The number of hydrogen-bond acceptors (Lipinski definition) is 3. The lowest BCUT2D eigenvalue weighted by molar-refractivity contribution is 0.102. The molecule has 0 aliphatic rings. The molecule has 0 aliphatic carbocycles. The number of carbonyl (C=O) groups is 1. The summed E-state index contributed by atoms with van der Waals surface area (Å²) < 4.78 is 0. The van der Waals surface area contributed by atoms with E-state index < -0.39 is 0 Å². The van der Waals surface area contributed by atoms with Gasteiger partial charge < -0.3 is 10.6 Å². The van der Waals surface area contributed by atoms with Crippen LogP contribution in [0.1, 0.15) is 36.7 Å². The second-order valence-corrected chi connectivity index (χ2v) is 7.20. The molecule has 0 atom stereocenters. The third-order valence-corrected chi connectivity index (χ3v) is 4.08. The molecule has 3 aromatic rings. The minimum Gasteiger partial charge on any atom is -0.340 e. The quantitative estimate of drug-likeness (QED) is 0.668. The predicted molar refractivity (Wildman–Crippen MR) is 107 cm³/mol. The van der Waals surface area contributed by atoms with Gasteiger partial charge in [-0.1, -0.05) is 51.1 Å². The number of carbonyl (C=O) groups excluding carboxylic acids is 1. The highest BCUT2D eigenvalue weighted by Gasteiger charge is 2.14. The Morgan fingerprint density at radius 3 is 2.12 bits per heavy atom. The number of aromatic nitrogens is 1. The number of nitrogens with zero attached hydrogens (tertiary/aromatic N) is 1. The van der Waals surface area contributed by atoms with E-state index in [1.165, 1.54) is 5.56 Å². The van der Waals surface area contributed by atoms with Crippen molar-refractivity contribution in [3.05, 3.63) is 84.1 Å². The van der Waals surface area contributed by atoms with Crippen molar-refractivity contribution >= 4 is 23.1 Å². The molecular formula is C22H23N3O. The van der Waals surface area contributed by atoms with Crippen LogP contribution in [0.5, 0.6) is 0 Å². The summed E-state index contributed by atoms with van der Waals surface area (Å²) in [6.07, 6.45) is 1.65. The van der Waals surface area contributed by atoms with Gasteiger partial charge in [-0.2, -0.15) is 0 Å². The maximum atomic E-state index is 12.4. The van der Waals surface area contributed by atoms with Crippen molar-refractivity contribution < 1.29 is 4.79 Å². The fourth-order valence-electron chi connectivity index (χ4n) is 2.54. The fraction of sp³-hybridized carbons (Fsp3) is 0.182. The number of hydrogen-bond donors (Lipinski definition) is 2. The molecule has 0 radical (unpaired) electrons. The molecule has 0 unspecified atom stereocenters. The van der Waals surface area contributed by atoms with Crippen LogP contribution in [0.2, 0.25) is 0 Å². The van der Waals surface area contributed by atoms with E-state index in [1.54, 1.807) is 6.20 Å². The first kappa shape index (κ1) is 17.7. The van der Waals surface area contributed by atoms with Crippen LogP contribution in [-0.4, -0.2) is 10.9 Å². The van der Waals surface area contributed by atoms with Crippen molar-refractivity contribution in [1.82, 2.24) is 4.98 Å². The number of nitrogens with one attached hydrogen (secondary N) is 2. The Morgan fingerprint density at radius 2 is 1.54 bits per heavy atom. The zero-order valence-corrected chi connectivity index (χ0v) is 15.3. The number of amides is 1. The summed E-state index contributed by atoms with van der Waals surface area (Å²) in [4.78, 5) is 16.7. The van der Waals surface area contributed by atoms with Gasteiger partial charge in [0, 0.05) is 11.3 Å². The summed E-state index contributed by atoms with van der Waals surface area (Å²) >= 11 is 0. The summed E-state index contributed by atoms with van der Waals surface area (Å²) in [7, 11) is 0. The summed E-state index contributed by atoms with van der Waals surface area (Å²) in [6, 6.07) is 21.2. The van der Waals surface area contributed by atoms with Crippen molar-refractivity contribution in [2.45, 2.75) is 26.2 Å². The van der Waals surface area contributed by atoms with Crippen molar-refractivity contribution in [3.63, 3.8) is 0 Å². The van der Waals surface area contributed by atoms with E-state index in [1.807, 2.05) is 66.7 Å². The van der Waals surface area contributed by atoms with Gasteiger partial charge in [0.1, 0.15) is 5.82 Å². The van der Waals surface area contributed by atoms with Crippen LogP contribution in [0, 0.1) is 0 Å². The Kier molecular flexibility index (Phi) is 5.03. The van der Waals surface area contributed by atoms with Gasteiger partial charge in [0.05, 0.1) is 11.9 Å². The first-order chi connectivity index (χ1) is 12.4. The molecule has 0 aliphatic heterocycles. The van der Waals surface area contributed by atoms with Crippen molar-refractivity contribution in [1.29, 1.82) is 0 Å². The number of para-hydroxylation sites is 1. The monoisotopic (exact) mass is 345 g/mol. The van der Waals surface area contributed by atoms with Crippen LogP contribution in [0.25, 0.3) is 0 Å². The molecule has 1 aromatic heterocycles. The Hall–Kier alpha value is -3.14. The highest BCUT2D eigenvalue weighted by atomic mass is 16.1. The molecule has 2 aromatic carbocycles. The van der Waals surface area contributed by atoms with Crippen molar-refractivity contribution in [2.75, 3.05) is 10.6 Å². The Labute approximate surface area is 154 Å². The summed E-state index contributed by atoms with van der Waals surface area (Å²) in [5.41, 5.74) is 3.53. The number of rotatable bonds is 4. The number of anilines is 3.